The highest BCUT2D eigenvalue weighted by Crippen LogP contribution is 2.25. The summed E-state index contributed by atoms with van der Waals surface area (Å²) in [7, 11) is 0. The average Bonchev–Trinajstić information content (AvgIpc) is 2.42. The number of carbonyl (C=O) groups is 1. The molecule has 2 rings (SSSR count). The minimum absolute atomic E-state index is 0.122. The van der Waals surface area contributed by atoms with Crippen LogP contribution in [-0.2, 0) is 0 Å². The molecule has 0 fully saturated rings. The number of halogens is 2. The van der Waals surface area contributed by atoms with Crippen LogP contribution in [0.1, 0.15) is 15.9 Å². The van der Waals surface area contributed by atoms with Crippen molar-refractivity contribution in [3.8, 4) is 0 Å². The van der Waals surface area contributed by atoms with Crippen molar-refractivity contribution in [2.45, 2.75) is 6.92 Å². The molecular weight excluding hydrogens is 299 g/mol. The minimum atomic E-state index is -0.632. The van der Waals surface area contributed by atoms with Crippen LogP contribution in [0.5, 0.6) is 0 Å². The molecule has 2 aromatic rings. The Morgan fingerprint density at radius 3 is 2.57 bits per heavy atom. The van der Waals surface area contributed by atoms with Crippen molar-refractivity contribution in [2.75, 3.05) is 5.32 Å². The van der Waals surface area contributed by atoms with E-state index in [1.807, 2.05) is 0 Å². The van der Waals surface area contributed by atoms with E-state index in [0.717, 1.165) is 6.07 Å². The number of rotatable bonds is 3. The van der Waals surface area contributed by atoms with Crippen LogP contribution in [0.3, 0.4) is 0 Å². The normalized spacial score (nSPS) is 10.2. The van der Waals surface area contributed by atoms with Gasteiger partial charge >= 0.3 is 0 Å². The number of amides is 1. The van der Waals surface area contributed by atoms with Crippen LogP contribution >= 0.6 is 11.6 Å². The Hall–Kier alpha value is -2.47. The number of hydrogen-bond donors (Lipinski definition) is 1. The first-order chi connectivity index (χ1) is 9.88. The van der Waals surface area contributed by atoms with Crippen LogP contribution < -0.4 is 5.32 Å². The number of nitrogens with zero attached hydrogens (tertiary/aromatic N) is 1. The summed E-state index contributed by atoms with van der Waals surface area (Å²) in [6.45, 7) is 1.58. The Labute approximate surface area is 124 Å². The first kappa shape index (κ1) is 14.9. The van der Waals surface area contributed by atoms with Gasteiger partial charge in [-0.1, -0.05) is 11.6 Å². The molecule has 0 saturated heterocycles. The third kappa shape index (κ3) is 3.35. The first-order valence-corrected chi connectivity index (χ1v) is 6.27. The third-order valence-electron chi connectivity index (χ3n) is 2.82. The summed E-state index contributed by atoms with van der Waals surface area (Å²) in [5.74, 6) is -0.857. The number of hydrogen-bond acceptors (Lipinski definition) is 3. The highest BCUT2D eigenvalue weighted by atomic mass is 35.5. The smallest absolute Gasteiger partial charge is 0.287 e. The second kappa shape index (κ2) is 5.88. The van der Waals surface area contributed by atoms with Crippen LogP contribution in [0, 0.1) is 22.9 Å². The van der Waals surface area contributed by atoms with Gasteiger partial charge in [0.25, 0.3) is 11.6 Å². The summed E-state index contributed by atoms with van der Waals surface area (Å²) in [4.78, 5) is 22.0. The van der Waals surface area contributed by atoms with Crippen molar-refractivity contribution in [1.29, 1.82) is 0 Å². The zero-order valence-electron chi connectivity index (χ0n) is 10.9. The van der Waals surface area contributed by atoms with Crippen molar-refractivity contribution in [3.05, 3.63) is 68.5 Å². The number of nitro benzene ring substituents is 1. The Kier molecular flexibility index (Phi) is 4.18. The molecule has 1 N–H and O–H groups in total. The number of nitrogens with one attached hydrogen (secondary N) is 1. The lowest BCUT2D eigenvalue weighted by Crippen LogP contribution is -2.12. The summed E-state index contributed by atoms with van der Waals surface area (Å²) in [5.41, 5.74) is 0.723. The van der Waals surface area contributed by atoms with Gasteiger partial charge in [0.05, 0.1) is 4.92 Å². The molecule has 0 spiro atoms. The van der Waals surface area contributed by atoms with E-state index in [0.29, 0.717) is 11.3 Å². The van der Waals surface area contributed by atoms with Crippen molar-refractivity contribution < 1.29 is 14.1 Å². The lowest BCUT2D eigenvalue weighted by molar-refractivity contribution is -0.384. The fourth-order valence-corrected chi connectivity index (χ4v) is 1.97. The van der Waals surface area contributed by atoms with Crippen LogP contribution in [0.2, 0.25) is 5.02 Å². The van der Waals surface area contributed by atoms with Crippen molar-refractivity contribution in [1.82, 2.24) is 0 Å². The SMILES string of the molecule is Cc1cc(NC(=O)c2ccc([N+](=O)[O-])c(Cl)c2)ccc1F. The van der Waals surface area contributed by atoms with Crippen molar-refractivity contribution in [2.24, 2.45) is 0 Å². The molecule has 5 nitrogen and oxygen atoms in total. The molecule has 0 aliphatic rings. The van der Waals surface area contributed by atoms with Gasteiger partial charge in [-0.25, -0.2) is 4.39 Å². The summed E-state index contributed by atoms with van der Waals surface area (Å²) >= 11 is 5.75. The molecular formula is C14H10ClFN2O3. The molecule has 0 saturated carbocycles. The summed E-state index contributed by atoms with van der Waals surface area (Å²) < 4.78 is 13.1. The first-order valence-electron chi connectivity index (χ1n) is 5.90. The lowest BCUT2D eigenvalue weighted by Gasteiger charge is -2.07. The van der Waals surface area contributed by atoms with Crippen molar-refractivity contribution in [3.63, 3.8) is 0 Å². The van der Waals surface area contributed by atoms with Crippen LogP contribution in [0.4, 0.5) is 15.8 Å². The van der Waals surface area contributed by atoms with Gasteiger partial charge in [-0.3, -0.25) is 14.9 Å². The van der Waals surface area contributed by atoms with Gasteiger partial charge in [-0.2, -0.15) is 0 Å². The molecule has 0 aromatic heterocycles. The van der Waals surface area contributed by atoms with Gasteiger partial charge in [-0.05, 0) is 42.8 Å². The highest BCUT2D eigenvalue weighted by molar-refractivity contribution is 6.33. The van der Waals surface area contributed by atoms with Crippen molar-refractivity contribution >= 4 is 28.9 Å². The van der Waals surface area contributed by atoms with Gasteiger partial charge < -0.3 is 5.32 Å². The largest absolute Gasteiger partial charge is 0.322 e. The van der Waals surface area contributed by atoms with E-state index in [-0.39, 0.29) is 22.1 Å². The molecule has 0 atom stereocenters. The monoisotopic (exact) mass is 308 g/mol. The number of aryl methyl sites for hydroxylation is 1. The van der Waals surface area contributed by atoms with Gasteiger partial charge in [0.2, 0.25) is 0 Å². The van der Waals surface area contributed by atoms with Gasteiger partial charge in [-0.15, -0.1) is 0 Å². The second-order valence-corrected chi connectivity index (χ2v) is 4.75. The van der Waals surface area contributed by atoms with Crippen LogP contribution in [0.25, 0.3) is 0 Å². The Morgan fingerprint density at radius 1 is 1.29 bits per heavy atom. The van der Waals surface area contributed by atoms with Crippen LogP contribution in [0.15, 0.2) is 36.4 Å². The fourth-order valence-electron chi connectivity index (χ4n) is 1.72. The second-order valence-electron chi connectivity index (χ2n) is 4.34. The Bertz CT molecular complexity index is 734. The zero-order chi connectivity index (χ0) is 15.6. The molecule has 7 heteroatoms. The Balaban J connectivity index is 2.22. The number of nitro groups is 1. The summed E-state index contributed by atoms with van der Waals surface area (Å²) in [5, 5.41) is 13.1. The maximum Gasteiger partial charge on any atom is 0.287 e. The predicted octanol–water partition coefficient (Wildman–Crippen LogP) is 3.95. The third-order valence-corrected chi connectivity index (χ3v) is 3.13. The molecule has 0 radical (unpaired) electrons. The van der Waals surface area contributed by atoms with E-state index < -0.39 is 10.8 Å². The van der Waals surface area contributed by atoms with E-state index in [9.17, 15) is 19.3 Å². The summed E-state index contributed by atoms with van der Waals surface area (Å²) in [6.07, 6.45) is 0. The summed E-state index contributed by atoms with van der Waals surface area (Å²) in [6, 6.07) is 7.83. The maximum atomic E-state index is 13.1. The number of benzene rings is 2. The fraction of sp³-hybridized carbons (Fsp3) is 0.0714. The van der Waals surface area contributed by atoms with Gasteiger partial charge in [0.1, 0.15) is 10.8 Å². The maximum absolute atomic E-state index is 13.1. The van der Waals surface area contributed by atoms with E-state index >= 15 is 0 Å². The molecule has 0 unspecified atom stereocenters. The highest BCUT2D eigenvalue weighted by Gasteiger charge is 2.15. The minimum Gasteiger partial charge on any atom is -0.322 e. The Morgan fingerprint density at radius 2 is 2.00 bits per heavy atom. The van der Waals surface area contributed by atoms with E-state index in [1.54, 1.807) is 6.92 Å². The van der Waals surface area contributed by atoms with Gasteiger partial charge in [0.15, 0.2) is 0 Å². The standard InChI is InChI=1S/C14H10ClFN2O3/c1-8-6-10(3-4-12(8)16)17-14(19)9-2-5-13(18(20)21)11(15)7-9/h2-7H,1H3,(H,17,19). The topological polar surface area (TPSA) is 72.2 Å². The zero-order valence-corrected chi connectivity index (χ0v) is 11.6. The predicted molar refractivity (Wildman–Crippen MR) is 77.2 cm³/mol. The van der Waals surface area contributed by atoms with E-state index in [2.05, 4.69) is 5.32 Å². The van der Waals surface area contributed by atoms with Crippen LogP contribution in [-0.4, -0.2) is 10.8 Å². The lowest BCUT2D eigenvalue weighted by atomic mass is 10.1. The molecule has 0 heterocycles. The quantitative estimate of drug-likeness (QED) is 0.689. The number of anilines is 1. The molecule has 2 aromatic carbocycles. The molecule has 21 heavy (non-hydrogen) atoms. The molecule has 108 valence electrons. The van der Waals surface area contributed by atoms with E-state index in [1.165, 1.54) is 30.3 Å². The molecule has 0 aliphatic heterocycles. The molecule has 0 bridgehead atoms. The van der Waals surface area contributed by atoms with E-state index in [4.69, 9.17) is 11.6 Å². The molecule has 0 aliphatic carbocycles. The van der Waals surface area contributed by atoms with Gasteiger partial charge in [0, 0.05) is 17.3 Å². The molecule has 1 amide bonds. The number of carbonyl (C=O) groups excluding carboxylic acids is 1. The average molecular weight is 309 g/mol.